The van der Waals surface area contributed by atoms with Crippen molar-refractivity contribution in [3.05, 3.63) is 46.8 Å². The Balaban J connectivity index is 1.10. The molecule has 1 spiro atoms. The second-order valence-electron chi connectivity index (χ2n) is 10.2. The van der Waals surface area contributed by atoms with Crippen LogP contribution in [0.25, 0.3) is 0 Å². The minimum atomic E-state index is -0.0753. The molecule has 0 radical (unpaired) electrons. The fourth-order valence-corrected chi connectivity index (χ4v) is 5.84. The Morgan fingerprint density at radius 2 is 2.00 bits per heavy atom. The standard InChI is InChI=1S/C26H37N5O2/c1-19-15-24(30(3)28-19)25(32)27-17-22-8-9-26(33-22)10-13-31(14-11-26)18-20-6-7-23-21(16-20)5-4-12-29(23)2/h6-7,15-16,22H,4-5,8-14,17-18H2,1-3H3,(H,27,32)/t22-/m0/s1. The zero-order chi connectivity index (χ0) is 23.0. The van der Waals surface area contributed by atoms with E-state index < -0.39 is 0 Å². The largest absolute Gasteiger partial charge is 0.374 e. The van der Waals surface area contributed by atoms with Gasteiger partial charge in [0.2, 0.25) is 0 Å². The third-order valence-electron chi connectivity index (χ3n) is 7.73. The van der Waals surface area contributed by atoms with E-state index in [4.69, 9.17) is 4.74 Å². The summed E-state index contributed by atoms with van der Waals surface area (Å²) in [7, 11) is 4.00. The maximum atomic E-state index is 12.5. The lowest BCUT2D eigenvalue weighted by Gasteiger charge is -2.39. The molecule has 3 aliphatic rings. The lowest BCUT2D eigenvalue weighted by atomic mass is 9.88. The number of piperidine rings is 1. The predicted octanol–water partition coefficient (Wildman–Crippen LogP) is 3.05. The molecule has 0 aliphatic carbocycles. The predicted molar refractivity (Wildman–Crippen MR) is 130 cm³/mol. The van der Waals surface area contributed by atoms with Crippen molar-refractivity contribution in [2.24, 2.45) is 7.05 Å². The number of likely N-dealkylation sites (tertiary alicyclic amines) is 1. The number of anilines is 1. The third-order valence-corrected chi connectivity index (χ3v) is 7.73. The first-order valence-corrected chi connectivity index (χ1v) is 12.4. The van der Waals surface area contributed by atoms with Crippen LogP contribution < -0.4 is 10.2 Å². The van der Waals surface area contributed by atoms with Gasteiger partial charge in [-0.25, -0.2) is 0 Å². The molecule has 7 heteroatoms. The van der Waals surface area contributed by atoms with Crippen LogP contribution in [0.4, 0.5) is 5.69 Å². The van der Waals surface area contributed by atoms with Crippen molar-refractivity contribution in [1.29, 1.82) is 0 Å². The summed E-state index contributed by atoms with van der Waals surface area (Å²) in [6.07, 6.45) is 6.81. The van der Waals surface area contributed by atoms with Crippen molar-refractivity contribution in [3.63, 3.8) is 0 Å². The summed E-state index contributed by atoms with van der Waals surface area (Å²) in [6, 6.07) is 8.85. The molecule has 178 valence electrons. The van der Waals surface area contributed by atoms with Crippen molar-refractivity contribution >= 4 is 11.6 Å². The molecule has 1 N–H and O–H groups in total. The molecule has 3 aliphatic heterocycles. The first kappa shape index (κ1) is 22.4. The maximum absolute atomic E-state index is 12.5. The van der Waals surface area contributed by atoms with Gasteiger partial charge in [-0.3, -0.25) is 14.4 Å². The van der Waals surface area contributed by atoms with E-state index in [0.717, 1.165) is 57.6 Å². The van der Waals surface area contributed by atoms with Gasteiger partial charge in [0.15, 0.2) is 0 Å². The van der Waals surface area contributed by atoms with Crippen LogP contribution in [0.1, 0.15) is 59.4 Å². The molecular formula is C26H37N5O2. The maximum Gasteiger partial charge on any atom is 0.269 e. The molecule has 1 aromatic carbocycles. The second kappa shape index (κ2) is 9.11. The molecule has 0 unspecified atom stereocenters. The van der Waals surface area contributed by atoms with Gasteiger partial charge in [-0.2, -0.15) is 5.10 Å². The normalized spacial score (nSPS) is 22.5. The lowest BCUT2D eigenvalue weighted by Crippen LogP contribution is -2.45. The molecule has 7 nitrogen and oxygen atoms in total. The molecule has 1 amide bonds. The monoisotopic (exact) mass is 451 g/mol. The fraction of sp³-hybridized carbons (Fsp3) is 0.615. The smallest absolute Gasteiger partial charge is 0.269 e. The number of carbonyl (C=O) groups is 1. The number of amides is 1. The summed E-state index contributed by atoms with van der Waals surface area (Å²) in [5.41, 5.74) is 5.78. The van der Waals surface area contributed by atoms with Crippen molar-refractivity contribution in [2.75, 3.05) is 38.1 Å². The van der Waals surface area contributed by atoms with E-state index in [9.17, 15) is 4.79 Å². The molecule has 4 heterocycles. The highest BCUT2D eigenvalue weighted by Gasteiger charge is 2.42. The van der Waals surface area contributed by atoms with E-state index in [1.54, 1.807) is 11.7 Å². The van der Waals surface area contributed by atoms with E-state index in [-0.39, 0.29) is 17.6 Å². The van der Waals surface area contributed by atoms with Gasteiger partial charge in [0.25, 0.3) is 5.91 Å². The highest BCUT2D eigenvalue weighted by atomic mass is 16.5. The van der Waals surface area contributed by atoms with Crippen molar-refractivity contribution in [1.82, 2.24) is 20.0 Å². The Morgan fingerprint density at radius 1 is 1.18 bits per heavy atom. The number of hydrogen-bond donors (Lipinski definition) is 1. The number of nitrogens with one attached hydrogen (secondary N) is 1. The van der Waals surface area contributed by atoms with Crippen LogP contribution >= 0.6 is 0 Å². The van der Waals surface area contributed by atoms with Crippen LogP contribution in [0.3, 0.4) is 0 Å². The molecule has 2 saturated heterocycles. The second-order valence-corrected chi connectivity index (χ2v) is 10.2. The van der Waals surface area contributed by atoms with Gasteiger partial charge in [-0.1, -0.05) is 12.1 Å². The zero-order valence-electron chi connectivity index (χ0n) is 20.3. The molecule has 0 bridgehead atoms. The molecule has 2 aromatic rings. The van der Waals surface area contributed by atoms with Crippen LogP contribution in [-0.2, 0) is 24.8 Å². The van der Waals surface area contributed by atoms with Crippen LogP contribution in [-0.4, -0.2) is 65.5 Å². The minimum absolute atomic E-state index is 0.00637. The molecular weight excluding hydrogens is 414 g/mol. The van der Waals surface area contributed by atoms with Crippen LogP contribution in [0.5, 0.6) is 0 Å². The highest BCUT2D eigenvalue weighted by Crippen LogP contribution is 2.39. The van der Waals surface area contributed by atoms with Crippen LogP contribution in [0, 0.1) is 6.92 Å². The van der Waals surface area contributed by atoms with Gasteiger partial charge in [0.1, 0.15) is 5.69 Å². The number of fused-ring (bicyclic) bond motifs is 1. The molecule has 2 fully saturated rings. The number of aromatic nitrogens is 2. The Morgan fingerprint density at radius 3 is 2.76 bits per heavy atom. The first-order valence-electron chi connectivity index (χ1n) is 12.4. The van der Waals surface area contributed by atoms with Gasteiger partial charge >= 0.3 is 0 Å². The first-order chi connectivity index (χ1) is 15.9. The van der Waals surface area contributed by atoms with E-state index >= 15 is 0 Å². The number of nitrogens with zero attached hydrogens (tertiary/aromatic N) is 4. The molecule has 1 atom stereocenters. The number of ether oxygens (including phenoxy) is 1. The number of rotatable bonds is 5. The third kappa shape index (κ3) is 4.80. The van der Waals surface area contributed by atoms with Crippen LogP contribution in [0.15, 0.2) is 24.3 Å². The average Bonchev–Trinajstić information content (AvgIpc) is 3.36. The molecule has 0 saturated carbocycles. The summed E-state index contributed by atoms with van der Waals surface area (Å²) in [4.78, 5) is 17.4. The fourth-order valence-electron chi connectivity index (χ4n) is 5.84. The van der Waals surface area contributed by atoms with Gasteiger partial charge in [-0.05, 0) is 68.7 Å². The Bertz CT molecular complexity index is 1010. The summed E-state index contributed by atoms with van der Waals surface area (Å²) in [6.45, 7) is 6.80. The van der Waals surface area contributed by atoms with Crippen LogP contribution in [0.2, 0.25) is 0 Å². The SMILES string of the molecule is Cc1cc(C(=O)NC[C@@H]2CCC3(CCN(Cc4ccc5c(c4)CCCN5C)CC3)O2)n(C)n1. The lowest BCUT2D eigenvalue weighted by molar-refractivity contribution is -0.0764. The summed E-state index contributed by atoms with van der Waals surface area (Å²) in [5.74, 6) is -0.0753. The van der Waals surface area contributed by atoms with Gasteiger partial charge in [0.05, 0.1) is 17.4 Å². The summed E-state index contributed by atoms with van der Waals surface area (Å²) in [5, 5.41) is 7.31. The van der Waals surface area contributed by atoms with Crippen molar-refractivity contribution in [3.8, 4) is 0 Å². The minimum Gasteiger partial charge on any atom is -0.374 e. The quantitative estimate of drug-likeness (QED) is 0.757. The molecule has 5 rings (SSSR count). The van der Waals surface area contributed by atoms with E-state index in [1.165, 1.54) is 29.7 Å². The number of benzene rings is 1. The molecule has 33 heavy (non-hydrogen) atoms. The van der Waals surface area contributed by atoms with E-state index in [0.29, 0.717) is 12.2 Å². The number of carbonyl (C=O) groups excluding carboxylic acids is 1. The van der Waals surface area contributed by atoms with Gasteiger partial charge in [-0.15, -0.1) is 0 Å². The highest BCUT2D eigenvalue weighted by molar-refractivity contribution is 5.92. The number of aryl methyl sites for hydroxylation is 3. The molecule has 1 aromatic heterocycles. The van der Waals surface area contributed by atoms with Crippen molar-refractivity contribution < 1.29 is 9.53 Å². The summed E-state index contributed by atoms with van der Waals surface area (Å²) >= 11 is 0. The topological polar surface area (TPSA) is 62.6 Å². The summed E-state index contributed by atoms with van der Waals surface area (Å²) < 4.78 is 8.16. The van der Waals surface area contributed by atoms with Gasteiger partial charge < -0.3 is 15.0 Å². The Kier molecular flexibility index (Phi) is 6.18. The Hall–Kier alpha value is -2.38. The average molecular weight is 452 g/mol. The van der Waals surface area contributed by atoms with Crippen molar-refractivity contribution in [2.45, 2.75) is 63.7 Å². The Labute approximate surface area is 197 Å². The zero-order valence-corrected chi connectivity index (χ0v) is 20.3. The van der Waals surface area contributed by atoms with E-state index in [2.05, 4.69) is 45.5 Å². The number of hydrogen-bond acceptors (Lipinski definition) is 5. The van der Waals surface area contributed by atoms with Gasteiger partial charge in [0, 0.05) is 52.5 Å². The van der Waals surface area contributed by atoms with E-state index in [1.807, 2.05) is 13.0 Å².